The van der Waals surface area contributed by atoms with Crippen molar-refractivity contribution in [1.29, 1.82) is 0 Å². The van der Waals surface area contributed by atoms with E-state index < -0.39 is 27.7 Å². The number of methoxy groups -OCH3 is 2. The van der Waals surface area contributed by atoms with Crippen LogP contribution in [0.4, 0.5) is 5.00 Å². The molecule has 2 aromatic carbocycles. The molecule has 0 fully saturated rings. The highest BCUT2D eigenvalue weighted by molar-refractivity contribution is 7.89. The normalized spacial score (nSPS) is 13.4. The van der Waals surface area contributed by atoms with Crippen molar-refractivity contribution >= 4 is 44.1 Å². The van der Waals surface area contributed by atoms with E-state index in [0.717, 1.165) is 17.0 Å². The van der Waals surface area contributed by atoms with Gasteiger partial charge in [0.05, 0.1) is 23.7 Å². The maximum atomic E-state index is 13.3. The van der Waals surface area contributed by atoms with Gasteiger partial charge in [0, 0.05) is 64.3 Å². The van der Waals surface area contributed by atoms with Crippen LogP contribution in [0.3, 0.4) is 0 Å². The van der Waals surface area contributed by atoms with Gasteiger partial charge in [0.2, 0.25) is 15.9 Å². The van der Waals surface area contributed by atoms with E-state index in [1.165, 1.54) is 66.6 Å². The Bertz CT molecular complexity index is 1550. The Balaban J connectivity index is 1.55. The number of fused-ring (bicyclic) bond motifs is 1. The molecule has 1 aromatic heterocycles. The molecule has 3 aromatic rings. The third-order valence-electron chi connectivity index (χ3n) is 7.04. The molecule has 12 nitrogen and oxygen atoms in total. The first-order chi connectivity index (χ1) is 21.1. The summed E-state index contributed by atoms with van der Waals surface area (Å²) in [5, 5.41) is 3.20. The molecule has 0 bridgehead atoms. The Hall–Kier alpha value is -3.66. The molecule has 0 saturated carbocycles. The third-order valence-corrected chi connectivity index (χ3v) is 10.1. The average Bonchev–Trinajstić information content (AvgIpc) is 3.37. The second-order valence-electron chi connectivity index (χ2n) is 10.2. The molecule has 0 saturated heterocycles. The molecular formula is C30H37N5O7S2. The predicted molar refractivity (Wildman–Crippen MR) is 167 cm³/mol. The molecule has 44 heavy (non-hydrogen) atoms. The van der Waals surface area contributed by atoms with Gasteiger partial charge in [-0.1, -0.05) is 30.3 Å². The van der Waals surface area contributed by atoms with Crippen LogP contribution in [-0.2, 0) is 43.8 Å². The third kappa shape index (κ3) is 8.28. The van der Waals surface area contributed by atoms with Crippen molar-refractivity contribution in [3.63, 3.8) is 0 Å². The van der Waals surface area contributed by atoms with Gasteiger partial charge in [0.15, 0.2) is 0 Å². The van der Waals surface area contributed by atoms with Crippen molar-refractivity contribution < 1.29 is 32.3 Å². The van der Waals surface area contributed by atoms with E-state index in [2.05, 4.69) is 33.2 Å². The summed E-state index contributed by atoms with van der Waals surface area (Å²) >= 11 is 1.31. The molecule has 1 aliphatic heterocycles. The van der Waals surface area contributed by atoms with E-state index in [9.17, 15) is 22.8 Å². The molecule has 0 radical (unpaired) electrons. The number of sulfonamides is 1. The molecule has 2 heterocycles. The zero-order valence-electron chi connectivity index (χ0n) is 24.9. The van der Waals surface area contributed by atoms with Crippen LogP contribution in [0, 0.1) is 0 Å². The molecule has 0 unspecified atom stereocenters. The molecule has 0 atom stereocenters. The number of carbonyl (C=O) groups excluding carboxylic acids is 3. The summed E-state index contributed by atoms with van der Waals surface area (Å²) in [6.07, 6.45) is 0.590. The van der Waals surface area contributed by atoms with Crippen molar-refractivity contribution in [2.75, 3.05) is 52.4 Å². The van der Waals surface area contributed by atoms with Crippen molar-refractivity contribution in [2.24, 2.45) is 0 Å². The Labute approximate surface area is 261 Å². The lowest BCUT2D eigenvalue weighted by molar-refractivity contribution is -0.119. The second kappa shape index (κ2) is 15.4. The van der Waals surface area contributed by atoms with E-state index in [0.29, 0.717) is 30.1 Å². The van der Waals surface area contributed by atoms with Gasteiger partial charge in [-0.05, 0) is 41.8 Å². The lowest BCUT2D eigenvalue weighted by Gasteiger charge is -2.27. The van der Waals surface area contributed by atoms with E-state index >= 15 is 0 Å². The number of thiophene rings is 1. The summed E-state index contributed by atoms with van der Waals surface area (Å²) < 4.78 is 37.9. The van der Waals surface area contributed by atoms with Gasteiger partial charge < -0.3 is 14.8 Å². The summed E-state index contributed by atoms with van der Waals surface area (Å²) in [6, 6.07) is 15.7. The number of rotatable bonds is 13. The highest BCUT2D eigenvalue weighted by Crippen LogP contribution is 2.38. The van der Waals surface area contributed by atoms with Crippen LogP contribution in [0.25, 0.3) is 0 Å². The van der Waals surface area contributed by atoms with Gasteiger partial charge in [-0.15, -0.1) is 11.3 Å². The smallest absolute Gasteiger partial charge is 0.272 e. The monoisotopic (exact) mass is 643 g/mol. The Morgan fingerprint density at radius 1 is 0.932 bits per heavy atom. The van der Waals surface area contributed by atoms with Crippen molar-refractivity contribution in [2.45, 2.75) is 31.3 Å². The number of benzene rings is 2. The highest BCUT2D eigenvalue weighted by Gasteiger charge is 2.30. The zero-order chi connectivity index (χ0) is 31.7. The van der Waals surface area contributed by atoms with Crippen LogP contribution in [0.5, 0.6) is 0 Å². The molecule has 3 N–H and O–H groups in total. The molecule has 0 aliphatic carbocycles. The quantitative estimate of drug-likeness (QED) is 0.241. The first-order valence-electron chi connectivity index (χ1n) is 14.0. The lowest BCUT2D eigenvalue weighted by atomic mass is 10.0. The van der Waals surface area contributed by atoms with Crippen molar-refractivity contribution in [1.82, 2.24) is 20.1 Å². The molecule has 14 heteroatoms. The van der Waals surface area contributed by atoms with Crippen molar-refractivity contribution in [3.8, 4) is 0 Å². The van der Waals surface area contributed by atoms with Crippen LogP contribution in [0.2, 0.25) is 0 Å². The minimum atomic E-state index is -3.86. The van der Waals surface area contributed by atoms with Crippen LogP contribution < -0.4 is 16.2 Å². The number of ether oxygens (including phenoxy) is 2. The van der Waals surface area contributed by atoms with Crippen molar-refractivity contribution in [3.05, 3.63) is 81.7 Å². The fourth-order valence-corrected chi connectivity index (χ4v) is 7.50. The van der Waals surface area contributed by atoms with Gasteiger partial charge in [-0.25, -0.2) is 8.42 Å². The Morgan fingerprint density at radius 2 is 1.59 bits per heavy atom. The second-order valence-corrected chi connectivity index (χ2v) is 13.2. The number of anilines is 1. The van der Waals surface area contributed by atoms with Gasteiger partial charge in [-0.3, -0.25) is 30.1 Å². The number of nitrogens with zero attached hydrogens (tertiary/aromatic N) is 2. The topological polar surface area (TPSA) is 146 Å². The molecular weight excluding hydrogens is 606 g/mol. The Morgan fingerprint density at radius 3 is 2.20 bits per heavy atom. The number of amides is 3. The van der Waals surface area contributed by atoms with Gasteiger partial charge in [0.25, 0.3) is 11.8 Å². The molecule has 1 aliphatic rings. The number of hydrazine groups is 1. The summed E-state index contributed by atoms with van der Waals surface area (Å²) in [6.45, 7) is 4.09. The number of nitrogens with one attached hydrogen (secondary N) is 3. The number of hydrogen-bond acceptors (Lipinski definition) is 9. The minimum absolute atomic E-state index is 0.0294. The van der Waals surface area contributed by atoms with E-state index in [4.69, 9.17) is 9.47 Å². The first-order valence-corrected chi connectivity index (χ1v) is 16.3. The van der Waals surface area contributed by atoms with Gasteiger partial charge >= 0.3 is 0 Å². The SMILES string of the molecule is COCCN(CCOC)S(=O)(=O)c1ccc(C(=O)Nc2sc3c(c2C(=O)NNC(C)=O)CCN(Cc2ccccc2)C3)cc1. The average molecular weight is 644 g/mol. The molecule has 236 valence electrons. The molecule has 4 rings (SSSR count). The van der Waals surface area contributed by atoms with Crippen LogP contribution >= 0.6 is 11.3 Å². The summed E-state index contributed by atoms with van der Waals surface area (Å²) in [4.78, 5) is 41.2. The maximum absolute atomic E-state index is 13.3. The molecule has 0 spiro atoms. The van der Waals surface area contributed by atoms with Crippen LogP contribution in [-0.4, -0.2) is 82.4 Å². The number of carbonyl (C=O) groups is 3. The van der Waals surface area contributed by atoms with Crippen LogP contribution in [0.15, 0.2) is 59.5 Å². The fourth-order valence-electron chi connectivity index (χ4n) is 4.81. The first kappa shape index (κ1) is 33.2. The van der Waals surface area contributed by atoms with E-state index in [-0.39, 0.29) is 36.8 Å². The molecule has 3 amide bonds. The summed E-state index contributed by atoms with van der Waals surface area (Å²) in [7, 11) is -0.868. The zero-order valence-corrected chi connectivity index (χ0v) is 26.6. The minimum Gasteiger partial charge on any atom is -0.383 e. The van der Waals surface area contributed by atoms with Crippen LogP contribution in [0.1, 0.15) is 43.6 Å². The van der Waals surface area contributed by atoms with E-state index in [1.54, 1.807) is 0 Å². The predicted octanol–water partition coefficient (Wildman–Crippen LogP) is 2.62. The lowest BCUT2D eigenvalue weighted by Crippen LogP contribution is -2.41. The fraction of sp³-hybridized carbons (Fsp3) is 0.367. The van der Waals surface area contributed by atoms with Gasteiger partial charge in [0.1, 0.15) is 5.00 Å². The summed E-state index contributed by atoms with van der Waals surface area (Å²) in [5.74, 6) is -1.46. The standard InChI is InChI=1S/C30H37N5O7S2/c1-21(36)32-33-29(38)27-25-13-14-34(19-22-7-5-4-6-8-22)20-26(25)43-30(27)31-28(37)23-9-11-24(12-10-23)44(39,40)35(15-17-41-2)16-18-42-3/h4-12H,13-20H2,1-3H3,(H,31,37)(H,32,36)(H,33,38). The Kier molecular flexibility index (Phi) is 11.6. The van der Waals surface area contributed by atoms with E-state index in [1.807, 2.05) is 18.2 Å². The summed E-state index contributed by atoms with van der Waals surface area (Å²) in [5.41, 5.74) is 7.25. The largest absolute Gasteiger partial charge is 0.383 e. The maximum Gasteiger partial charge on any atom is 0.272 e. The number of hydrogen-bond donors (Lipinski definition) is 3. The highest BCUT2D eigenvalue weighted by atomic mass is 32.2. The van der Waals surface area contributed by atoms with Gasteiger partial charge in [-0.2, -0.15) is 4.31 Å².